The van der Waals surface area contributed by atoms with Crippen LogP contribution in [0.1, 0.15) is 5.56 Å². The quantitative estimate of drug-likeness (QED) is 0.428. The molecule has 0 spiro atoms. The number of nitrogens with two attached hydrogens (primary N) is 1. The highest BCUT2D eigenvalue weighted by Crippen LogP contribution is 2.12. The lowest BCUT2D eigenvalue weighted by Gasteiger charge is -2.32. The van der Waals surface area contributed by atoms with Crippen molar-refractivity contribution in [3.05, 3.63) is 29.8 Å². The van der Waals surface area contributed by atoms with Crippen molar-refractivity contribution in [2.24, 2.45) is 5.84 Å². The number of hydrazine groups is 1. The fraction of sp³-hybridized carbons (Fsp3) is 0.462. The molecule has 2 rings (SSSR count). The van der Waals surface area contributed by atoms with Crippen LogP contribution < -0.4 is 16.6 Å². The van der Waals surface area contributed by atoms with Crippen molar-refractivity contribution in [1.82, 2.24) is 15.2 Å². The smallest absolute Gasteiger partial charge is 0.185 e. The van der Waals surface area contributed by atoms with Gasteiger partial charge in [-0.05, 0) is 37.0 Å². The largest absolute Gasteiger partial charge is 0.332 e. The summed E-state index contributed by atoms with van der Waals surface area (Å²) in [6.45, 7) is 5.58. The lowest BCUT2D eigenvalue weighted by Crippen LogP contribution is -2.43. The maximum absolute atomic E-state index is 5.22. The number of nitrogens with zero attached hydrogens (tertiary/aromatic N) is 2. The number of hydrogen-bond donors (Lipinski definition) is 3. The molecule has 19 heavy (non-hydrogen) atoms. The Morgan fingerprint density at radius 3 is 2.42 bits per heavy atom. The van der Waals surface area contributed by atoms with Crippen molar-refractivity contribution in [1.29, 1.82) is 0 Å². The number of piperazine rings is 1. The van der Waals surface area contributed by atoms with Crippen LogP contribution in [-0.4, -0.2) is 48.1 Å². The summed E-state index contributed by atoms with van der Waals surface area (Å²) < 4.78 is 0. The summed E-state index contributed by atoms with van der Waals surface area (Å²) in [5, 5.41) is 3.43. The molecule has 0 bridgehead atoms. The van der Waals surface area contributed by atoms with Gasteiger partial charge in [0.2, 0.25) is 0 Å². The van der Waals surface area contributed by atoms with E-state index in [9.17, 15) is 0 Å². The van der Waals surface area contributed by atoms with E-state index >= 15 is 0 Å². The SMILES string of the molecule is CN1CCN(Cc2ccc(NC(=S)NN)cc2)CC1. The Labute approximate surface area is 119 Å². The van der Waals surface area contributed by atoms with Crippen LogP contribution in [0.3, 0.4) is 0 Å². The highest BCUT2D eigenvalue weighted by Gasteiger charge is 2.13. The van der Waals surface area contributed by atoms with Crippen molar-refractivity contribution in [2.75, 3.05) is 38.5 Å². The van der Waals surface area contributed by atoms with Crippen LogP contribution in [0.25, 0.3) is 0 Å². The molecule has 0 unspecified atom stereocenters. The van der Waals surface area contributed by atoms with Gasteiger partial charge in [-0.1, -0.05) is 12.1 Å². The van der Waals surface area contributed by atoms with E-state index in [2.05, 4.69) is 39.7 Å². The molecule has 104 valence electrons. The van der Waals surface area contributed by atoms with Gasteiger partial charge in [0.15, 0.2) is 5.11 Å². The van der Waals surface area contributed by atoms with E-state index in [0.29, 0.717) is 5.11 Å². The van der Waals surface area contributed by atoms with Crippen LogP contribution >= 0.6 is 12.2 Å². The highest BCUT2D eigenvalue weighted by molar-refractivity contribution is 7.80. The molecular weight excluding hydrogens is 258 g/mol. The van der Waals surface area contributed by atoms with Crippen LogP contribution in [0.2, 0.25) is 0 Å². The van der Waals surface area contributed by atoms with E-state index in [1.54, 1.807) is 0 Å². The van der Waals surface area contributed by atoms with Crippen molar-refractivity contribution in [3.8, 4) is 0 Å². The average molecular weight is 279 g/mol. The van der Waals surface area contributed by atoms with Crippen molar-refractivity contribution >= 4 is 23.0 Å². The zero-order valence-corrected chi connectivity index (χ0v) is 12.0. The molecule has 1 fully saturated rings. The minimum Gasteiger partial charge on any atom is -0.332 e. The molecule has 0 saturated carbocycles. The summed E-state index contributed by atoms with van der Waals surface area (Å²) in [6.07, 6.45) is 0. The lowest BCUT2D eigenvalue weighted by atomic mass is 10.2. The Morgan fingerprint density at radius 1 is 1.21 bits per heavy atom. The van der Waals surface area contributed by atoms with Crippen molar-refractivity contribution in [2.45, 2.75) is 6.54 Å². The van der Waals surface area contributed by atoms with Gasteiger partial charge >= 0.3 is 0 Å². The lowest BCUT2D eigenvalue weighted by molar-refractivity contribution is 0.148. The van der Waals surface area contributed by atoms with Gasteiger partial charge in [-0.25, -0.2) is 5.84 Å². The van der Waals surface area contributed by atoms with Crippen LogP contribution in [0, 0.1) is 0 Å². The Hall–Kier alpha value is -1.21. The van der Waals surface area contributed by atoms with Crippen LogP contribution in [0.5, 0.6) is 0 Å². The molecule has 1 aliphatic heterocycles. The minimum absolute atomic E-state index is 0.423. The third kappa shape index (κ3) is 4.43. The van der Waals surface area contributed by atoms with E-state index in [1.807, 2.05) is 12.1 Å². The first-order chi connectivity index (χ1) is 9.17. The molecule has 4 N–H and O–H groups in total. The number of likely N-dealkylation sites (N-methyl/N-ethyl adjacent to an activating group) is 1. The molecule has 0 radical (unpaired) electrons. The standard InChI is InChI=1S/C13H21N5S/c1-17-6-8-18(9-7-17)10-11-2-4-12(5-3-11)15-13(19)16-14/h2-5H,6-10,14H2,1H3,(H2,15,16,19). The monoisotopic (exact) mass is 279 g/mol. The third-order valence-electron chi connectivity index (χ3n) is 3.34. The fourth-order valence-corrected chi connectivity index (χ4v) is 2.24. The molecule has 1 aromatic rings. The normalized spacial score (nSPS) is 17.2. The summed E-state index contributed by atoms with van der Waals surface area (Å²) in [7, 11) is 2.17. The second-order valence-corrected chi connectivity index (χ2v) is 5.28. The predicted octanol–water partition coefficient (Wildman–Crippen LogP) is 0.594. The Balaban J connectivity index is 1.86. The number of rotatable bonds is 3. The molecule has 0 aliphatic carbocycles. The Morgan fingerprint density at radius 2 is 1.84 bits per heavy atom. The Bertz CT molecular complexity index is 412. The van der Waals surface area contributed by atoms with Crippen molar-refractivity contribution < 1.29 is 0 Å². The third-order valence-corrected chi connectivity index (χ3v) is 3.56. The van der Waals surface area contributed by atoms with Crippen LogP contribution in [0.15, 0.2) is 24.3 Å². The molecule has 1 aromatic carbocycles. The number of hydrogen-bond acceptors (Lipinski definition) is 4. The molecule has 1 heterocycles. The zero-order valence-electron chi connectivity index (χ0n) is 11.2. The topological polar surface area (TPSA) is 56.6 Å². The van der Waals surface area contributed by atoms with E-state index in [4.69, 9.17) is 18.1 Å². The van der Waals surface area contributed by atoms with E-state index in [-0.39, 0.29) is 0 Å². The highest BCUT2D eigenvalue weighted by atomic mass is 32.1. The minimum atomic E-state index is 0.423. The van der Waals surface area contributed by atoms with Gasteiger partial charge in [0.05, 0.1) is 0 Å². The molecule has 5 nitrogen and oxygen atoms in total. The molecule has 0 aromatic heterocycles. The van der Waals surface area contributed by atoms with Gasteiger partial charge < -0.3 is 15.6 Å². The zero-order chi connectivity index (χ0) is 13.7. The van der Waals surface area contributed by atoms with E-state index in [1.165, 1.54) is 5.56 Å². The van der Waals surface area contributed by atoms with Gasteiger partial charge in [0.25, 0.3) is 0 Å². The molecule has 1 saturated heterocycles. The molecular formula is C13H21N5S. The first kappa shape index (κ1) is 14.2. The predicted molar refractivity (Wildman–Crippen MR) is 82.8 cm³/mol. The fourth-order valence-electron chi connectivity index (χ4n) is 2.12. The van der Waals surface area contributed by atoms with Gasteiger partial charge in [0, 0.05) is 38.4 Å². The second-order valence-electron chi connectivity index (χ2n) is 4.87. The van der Waals surface area contributed by atoms with Crippen LogP contribution in [-0.2, 0) is 6.54 Å². The number of benzene rings is 1. The summed E-state index contributed by atoms with van der Waals surface area (Å²) >= 11 is 4.95. The first-order valence-electron chi connectivity index (χ1n) is 6.45. The van der Waals surface area contributed by atoms with Gasteiger partial charge in [-0.2, -0.15) is 0 Å². The summed E-state index contributed by atoms with van der Waals surface area (Å²) in [4.78, 5) is 4.85. The van der Waals surface area contributed by atoms with E-state index in [0.717, 1.165) is 38.4 Å². The van der Waals surface area contributed by atoms with Gasteiger partial charge in [-0.15, -0.1) is 0 Å². The summed E-state index contributed by atoms with van der Waals surface area (Å²) in [6, 6.07) is 8.30. The Kier molecular flexibility index (Phi) is 5.09. The van der Waals surface area contributed by atoms with E-state index < -0.39 is 0 Å². The molecule has 0 atom stereocenters. The maximum atomic E-state index is 5.22. The first-order valence-corrected chi connectivity index (χ1v) is 6.85. The number of nitrogens with one attached hydrogen (secondary N) is 2. The average Bonchev–Trinajstić information content (AvgIpc) is 2.43. The van der Waals surface area contributed by atoms with Gasteiger partial charge in [-0.3, -0.25) is 4.90 Å². The summed E-state index contributed by atoms with van der Waals surface area (Å²) in [5.41, 5.74) is 4.68. The molecule has 0 amide bonds. The number of thiocarbonyl (C=S) groups is 1. The van der Waals surface area contributed by atoms with Crippen molar-refractivity contribution in [3.63, 3.8) is 0 Å². The molecule has 1 aliphatic rings. The van der Waals surface area contributed by atoms with Crippen LogP contribution in [0.4, 0.5) is 5.69 Å². The second kappa shape index (κ2) is 6.81. The van der Waals surface area contributed by atoms with Gasteiger partial charge in [0.1, 0.15) is 0 Å². The maximum Gasteiger partial charge on any atom is 0.185 e. The molecule has 6 heteroatoms. The number of anilines is 1. The summed E-state index contributed by atoms with van der Waals surface area (Å²) in [5.74, 6) is 5.22.